The van der Waals surface area contributed by atoms with Crippen molar-refractivity contribution in [2.24, 2.45) is 0 Å². The van der Waals surface area contributed by atoms with Gasteiger partial charge in [0.15, 0.2) is 0 Å². The molecule has 1 aromatic heterocycles. The average molecular weight is 486 g/mol. The first-order chi connectivity index (χ1) is 15.6. The van der Waals surface area contributed by atoms with Crippen molar-refractivity contribution in [3.8, 4) is 0 Å². The Hall–Kier alpha value is -3.05. The molecule has 0 fully saturated rings. The topological polar surface area (TPSA) is 88.5 Å². The quantitative estimate of drug-likeness (QED) is 0.559. The van der Waals surface area contributed by atoms with Gasteiger partial charge in [0.05, 0.1) is 24.8 Å². The van der Waals surface area contributed by atoms with E-state index in [2.05, 4.69) is 15.6 Å². The summed E-state index contributed by atoms with van der Waals surface area (Å²) in [5.41, 5.74) is 1.11. The fraction of sp³-hybridized carbons (Fsp3) is 0.381. The summed E-state index contributed by atoms with van der Waals surface area (Å²) in [5, 5.41) is 5.84. The van der Waals surface area contributed by atoms with E-state index in [1.54, 1.807) is 43.1 Å². The maximum atomic E-state index is 12.8. The summed E-state index contributed by atoms with van der Waals surface area (Å²) in [5.74, 6) is -0.422. The first-order valence-electron chi connectivity index (χ1n) is 10.1. The lowest BCUT2D eigenvalue weighted by atomic mass is 9.95. The maximum absolute atomic E-state index is 12.8. The lowest BCUT2D eigenvalue weighted by Gasteiger charge is -2.31. The minimum atomic E-state index is -4.39. The third-order valence-electron chi connectivity index (χ3n) is 4.84. The Labute approximate surface area is 193 Å². The van der Waals surface area contributed by atoms with Gasteiger partial charge >= 0.3 is 18.2 Å². The van der Waals surface area contributed by atoms with Gasteiger partial charge in [0.1, 0.15) is 12.4 Å². The Balaban J connectivity index is 1.89. The van der Waals surface area contributed by atoms with E-state index in [0.717, 1.165) is 4.57 Å². The van der Waals surface area contributed by atoms with Crippen LogP contribution in [0.3, 0.4) is 0 Å². The number of benzene rings is 1. The van der Waals surface area contributed by atoms with Crippen LogP contribution in [-0.2, 0) is 22.6 Å². The molecule has 2 aromatic rings. The van der Waals surface area contributed by atoms with Crippen LogP contribution in [-0.4, -0.2) is 52.8 Å². The van der Waals surface area contributed by atoms with Crippen LogP contribution in [0.5, 0.6) is 0 Å². The molecule has 1 aromatic carbocycles. The van der Waals surface area contributed by atoms with Gasteiger partial charge in [0.25, 0.3) is 0 Å². The van der Waals surface area contributed by atoms with Crippen molar-refractivity contribution >= 4 is 23.6 Å². The molecule has 1 atom stereocenters. The van der Waals surface area contributed by atoms with Gasteiger partial charge in [0.2, 0.25) is 0 Å². The van der Waals surface area contributed by atoms with E-state index in [-0.39, 0.29) is 36.8 Å². The number of ether oxygens (including phenoxy) is 1. The number of alkyl halides is 3. The Morgan fingerprint density at radius 1 is 1.27 bits per heavy atom. The summed E-state index contributed by atoms with van der Waals surface area (Å²) in [6.07, 6.45) is -1.84. The summed E-state index contributed by atoms with van der Waals surface area (Å²) in [6.45, 7) is 0.743. The van der Waals surface area contributed by atoms with Gasteiger partial charge in [-0.25, -0.2) is 14.6 Å². The van der Waals surface area contributed by atoms with Gasteiger partial charge < -0.3 is 19.9 Å². The number of hydrogen-bond acceptors (Lipinski definition) is 5. The number of nitrogens with one attached hydrogen (secondary N) is 2. The number of carbonyl (C=O) groups excluding carboxylic acids is 2. The highest BCUT2D eigenvalue weighted by molar-refractivity contribution is 6.30. The summed E-state index contributed by atoms with van der Waals surface area (Å²) in [4.78, 5) is 30.8. The van der Waals surface area contributed by atoms with Gasteiger partial charge in [-0.15, -0.1) is 0 Å². The number of amides is 2. The zero-order valence-corrected chi connectivity index (χ0v) is 18.7. The zero-order valence-electron chi connectivity index (χ0n) is 17.9. The average Bonchev–Trinajstić information content (AvgIpc) is 3.12. The van der Waals surface area contributed by atoms with Crippen molar-refractivity contribution in [1.82, 2.24) is 25.1 Å². The first-order valence-corrected chi connectivity index (χ1v) is 10.4. The van der Waals surface area contributed by atoms with E-state index in [0.29, 0.717) is 10.6 Å². The number of esters is 1. The Bertz CT molecular complexity index is 1040. The van der Waals surface area contributed by atoms with E-state index in [1.165, 1.54) is 12.4 Å². The smallest absolute Gasteiger partial charge is 0.406 e. The van der Waals surface area contributed by atoms with Crippen LogP contribution in [0.2, 0.25) is 5.02 Å². The molecule has 1 aliphatic heterocycles. The first kappa shape index (κ1) is 24.6. The summed E-state index contributed by atoms with van der Waals surface area (Å²) < 4.78 is 44.6. The van der Waals surface area contributed by atoms with Crippen molar-refractivity contribution < 1.29 is 27.5 Å². The second-order valence-electron chi connectivity index (χ2n) is 7.45. The molecule has 0 spiro atoms. The van der Waals surface area contributed by atoms with E-state index in [1.807, 2.05) is 0 Å². The number of rotatable bonds is 8. The normalized spacial score (nSPS) is 16.6. The molecule has 2 heterocycles. The highest BCUT2D eigenvalue weighted by atomic mass is 35.5. The number of nitrogens with zero attached hydrogens (tertiary/aromatic N) is 3. The number of carbonyl (C=O) groups is 2. The molecular weight excluding hydrogens is 463 g/mol. The zero-order chi connectivity index (χ0) is 24.2. The van der Waals surface area contributed by atoms with Crippen molar-refractivity contribution in [3.63, 3.8) is 0 Å². The van der Waals surface area contributed by atoms with Crippen LogP contribution in [0, 0.1) is 0 Å². The maximum Gasteiger partial charge on any atom is 0.406 e. The monoisotopic (exact) mass is 485 g/mol. The molecule has 178 valence electrons. The van der Waals surface area contributed by atoms with E-state index in [4.69, 9.17) is 16.3 Å². The number of urea groups is 1. The molecule has 12 heteroatoms. The molecular formula is C21H23ClF3N5O3. The van der Waals surface area contributed by atoms with Gasteiger partial charge in [-0.2, -0.15) is 13.2 Å². The van der Waals surface area contributed by atoms with E-state index in [9.17, 15) is 22.8 Å². The summed E-state index contributed by atoms with van der Waals surface area (Å²) >= 11 is 5.96. The predicted octanol–water partition coefficient (Wildman–Crippen LogP) is 3.40. The third-order valence-corrected chi connectivity index (χ3v) is 5.10. The van der Waals surface area contributed by atoms with Gasteiger partial charge in [-0.05, 0) is 31.7 Å². The molecule has 33 heavy (non-hydrogen) atoms. The highest BCUT2D eigenvalue weighted by Crippen LogP contribution is 2.29. The lowest BCUT2D eigenvalue weighted by molar-refractivity contribution is -0.141. The lowest BCUT2D eigenvalue weighted by Crippen LogP contribution is -2.48. The summed E-state index contributed by atoms with van der Waals surface area (Å²) in [7, 11) is 1.65. The number of likely N-dealkylation sites (N-methyl/N-ethyl adjacent to an activating group) is 1. The van der Waals surface area contributed by atoms with Crippen LogP contribution in [0.25, 0.3) is 0 Å². The Morgan fingerprint density at radius 2 is 1.97 bits per heavy atom. The van der Waals surface area contributed by atoms with Gasteiger partial charge in [0, 0.05) is 29.7 Å². The number of hydrogen-bond donors (Lipinski definition) is 2. The van der Waals surface area contributed by atoms with Crippen LogP contribution in [0.15, 0.2) is 47.9 Å². The number of imidazole rings is 1. The van der Waals surface area contributed by atoms with Crippen LogP contribution < -0.4 is 10.6 Å². The molecule has 8 nitrogen and oxygen atoms in total. The largest absolute Gasteiger partial charge is 0.463 e. The van der Waals surface area contributed by atoms with Gasteiger partial charge in [-0.3, -0.25) is 4.90 Å². The van der Waals surface area contributed by atoms with E-state index < -0.39 is 30.8 Å². The standard InChI is InChI=1S/C21H23ClF3N5O3/c1-3-33-19(31)17-15(27-20(32)28-18(17)13-4-6-14(22)7-5-13)10-29(2)11-16-26-8-9-30(16)12-21(23,24)25/h4-9,18H,3,10-12H2,1-2H3,(H2,27,28,32). The molecule has 0 saturated carbocycles. The predicted molar refractivity (Wildman–Crippen MR) is 114 cm³/mol. The molecule has 1 unspecified atom stereocenters. The highest BCUT2D eigenvalue weighted by Gasteiger charge is 2.34. The third kappa shape index (κ3) is 6.48. The molecule has 0 radical (unpaired) electrons. The van der Waals surface area contributed by atoms with Crippen LogP contribution >= 0.6 is 11.6 Å². The van der Waals surface area contributed by atoms with Crippen LogP contribution in [0.1, 0.15) is 24.4 Å². The second-order valence-corrected chi connectivity index (χ2v) is 7.89. The molecule has 0 saturated heterocycles. The van der Waals surface area contributed by atoms with Crippen molar-refractivity contribution in [2.75, 3.05) is 20.2 Å². The molecule has 3 rings (SSSR count). The SMILES string of the molecule is CCOC(=O)C1=C(CN(C)Cc2nccn2CC(F)(F)F)NC(=O)NC1c1ccc(Cl)cc1. The van der Waals surface area contributed by atoms with Crippen molar-refractivity contribution in [3.05, 3.63) is 64.3 Å². The fourth-order valence-electron chi connectivity index (χ4n) is 3.49. The van der Waals surface area contributed by atoms with Crippen LogP contribution in [0.4, 0.5) is 18.0 Å². The number of halogens is 4. The van der Waals surface area contributed by atoms with Gasteiger partial charge in [-0.1, -0.05) is 23.7 Å². The summed E-state index contributed by atoms with van der Waals surface area (Å²) in [6, 6.07) is 5.34. The fourth-order valence-corrected chi connectivity index (χ4v) is 3.62. The van der Waals surface area contributed by atoms with Crippen molar-refractivity contribution in [2.45, 2.75) is 32.2 Å². The minimum absolute atomic E-state index is 0.0532. The minimum Gasteiger partial charge on any atom is -0.463 e. The molecule has 0 aliphatic carbocycles. The molecule has 1 aliphatic rings. The number of aromatic nitrogens is 2. The van der Waals surface area contributed by atoms with E-state index >= 15 is 0 Å². The molecule has 2 N–H and O–H groups in total. The molecule has 0 bridgehead atoms. The van der Waals surface area contributed by atoms with Crippen molar-refractivity contribution in [1.29, 1.82) is 0 Å². The molecule has 2 amide bonds. The Morgan fingerprint density at radius 3 is 2.61 bits per heavy atom. The Kier molecular flexibility index (Phi) is 7.65. The second kappa shape index (κ2) is 10.3.